The van der Waals surface area contributed by atoms with Gasteiger partial charge in [-0.3, -0.25) is 10.7 Å². The number of amides is 4. The molecule has 86 valence electrons. The molecule has 8 nitrogen and oxygen atoms in total. The molecule has 15 heavy (non-hydrogen) atoms. The molecule has 0 aliphatic heterocycles. The van der Waals surface area contributed by atoms with Crippen molar-refractivity contribution in [2.24, 2.45) is 11.5 Å². The number of primary amides is 2. The Morgan fingerprint density at radius 3 is 2.00 bits per heavy atom. The number of hydrogen-bond donors (Lipinski definition) is 6. The summed E-state index contributed by atoms with van der Waals surface area (Å²) in [6, 6.07) is -1.33. The summed E-state index contributed by atoms with van der Waals surface area (Å²) in [5.74, 6) is -0.134. The zero-order valence-electron chi connectivity index (χ0n) is 8.30. The average Bonchev–Trinajstić information content (AvgIpc) is 2.09. The zero-order valence-corrected chi connectivity index (χ0v) is 8.30. The van der Waals surface area contributed by atoms with Crippen molar-refractivity contribution in [2.45, 2.75) is 12.8 Å². The normalized spacial score (nSPS) is 9.07. The number of guanidine groups is 1. The van der Waals surface area contributed by atoms with Gasteiger partial charge in [0.2, 0.25) is 0 Å². The molecule has 0 atom stereocenters. The Morgan fingerprint density at radius 1 is 1.00 bits per heavy atom. The molecule has 0 rings (SSSR count). The fourth-order valence-corrected chi connectivity index (χ4v) is 0.842. The topological polar surface area (TPSA) is 146 Å². The molecule has 0 aromatic carbocycles. The molecular formula is C7H16N6O2. The van der Waals surface area contributed by atoms with Crippen molar-refractivity contribution in [2.75, 3.05) is 13.1 Å². The van der Waals surface area contributed by atoms with Crippen LogP contribution in [0.25, 0.3) is 0 Å². The van der Waals surface area contributed by atoms with Crippen molar-refractivity contribution in [1.82, 2.24) is 16.0 Å². The third-order valence-electron chi connectivity index (χ3n) is 1.45. The maximum atomic E-state index is 10.3. The summed E-state index contributed by atoms with van der Waals surface area (Å²) in [4.78, 5) is 20.6. The minimum atomic E-state index is -0.775. The maximum Gasteiger partial charge on any atom is 0.318 e. The molecule has 0 spiro atoms. The predicted octanol–water partition coefficient (Wildman–Crippen LogP) is -1.37. The van der Waals surface area contributed by atoms with Crippen LogP contribution in [-0.2, 0) is 0 Å². The van der Waals surface area contributed by atoms with E-state index < -0.39 is 12.1 Å². The van der Waals surface area contributed by atoms with Gasteiger partial charge in [0.15, 0.2) is 5.96 Å². The summed E-state index contributed by atoms with van der Waals surface area (Å²) in [5.41, 5.74) is 9.64. The van der Waals surface area contributed by atoms with Gasteiger partial charge in [-0.2, -0.15) is 0 Å². The van der Waals surface area contributed by atoms with Crippen LogP contribution in [0.15, 0.2) is 0 Å². The second kappa shape index (κ2) is 7.42. The number of rotatable bonds is 5. The molecule has 0 heterocycles. The summed E-state index contributed by atoms with van der Waals surface area (Å²) in [7, 11) is 0. The molecule has 4 amide bonds. The molecule has 0 fully saturated rings. The standard InChI is InChI=1S/C7H16N6O2/c8-5(13-7(10)15)11-3-1-2-4-12-6(9)14/h1-4H2,(H3,9,12,14)(H5,8,10,11,13,15). The van der Waals surface area contributed by atoms with E-state index in [1.807, 2.05) is 0 Å². The van der Waals surface area contributed by atoms with Crippen molar-refractivity contribution in [3.8, 4) is 0 Å². The minimum Gasteiger partial charge on any atom is -0.356 e. The van der Waals surface area contributed by atoms with E-state index in [-0.39, 0.29) is 5.96 Å². The molecule has 8 N–H and O–H groups in total. The van der Waals surface area contributed by atoms with Gasteiger partial charge in [0.05, 0.1) is 0 Å². The van der Waals surface area contributed by atoms with E-state index in [0.29, 0.717) is 13.1 Å². The predicted molar refractivity (Wildman–Crippen MR) is 55.3 cm³/mol. The molecule has 0 aliphatic rings. The Labute approximate surface area is 87.3 Å². The van der Waals surface area contributed by atoms with Gasteiger partial charge in [-0.1, -0.05) is 0 Å². The van der Waals surface area contributed by atoms with Crippen LogP contribution in [0, 0.1) is 5.41 Å². The first kappa shape index (κ1) is 13.0. The first-order chi connectivity index (χ1) is 7.02. The van der Waals surface area contributed by atoms with E-state index in [0.717, 1.165) is 12.8 Å². The Hall–Kier alpha value is -1.99. The fourth-order valence-electron chi connectivity index (χ4n) is 0.842. The van der Waals surface area contributed by atoms with Crippen molar-refractivity contribution < 1.29 is 9.59 Å². The second-order valence-corrected chi connectivity index (χ2v) is 2.79. The van der Waals surface area contributed by atoms with Gasteiger partial charge in [0.25, 0.3) is 0 Å². The van der Waals surface area contributed by atoms with Crippen LogP contribution in [-0.4, -0.2) is 31.1 Å². The van der Waals surface area contributed by atoms with E-state index in [1.165, 1.54) is 0 Å². The second-order valence-electron chi connectivity index (χ2n) is 2.79. The van der Waals surface area contributed by atoms with Crippen LogP contribution < -0.4 is 27.4 Å². The van der Waals surface area contributed by atoms with Gasteiger partial charge < -0.3 is 22.1 Å². The molecule has 0 radical (unpaired) electrons. The Balaban J connectivity index is 3.27. The number of unbranched alkanes of at least 4 members (excludes halogenated alkanes) is 1. The molecule has 0 aromatic heterocycles. The smallest absolute Gasteiger partial charge is 0.318 e. The van der Waals surface area contributed by atoms with Crippen LogP contribution in [0.2, 0.25) is 0 Å². The highest BCUT2D eigenvalue weighted by Gasteiger charge is 1.97. The Morgan fingerprint density at radius 2 is 1.53 bits per heavy atom. The SMILES string of the molecule is N=C(NCCCCNC(N)=O)NC(N)=O. The third kappa shape index (κ3) is 9.93. The van der Waals surface area contributed by atoms with Crippen LogP contribution in [0.3, 0.4) is 0 Å². The first-order valence-electron chi connectivity index (χ1n) is 4.44. The number of urea groups is 2. The average molecular weight is 216 g/mol. The van der Waals surface area contributed by atoms with E-state index in [1.54, 1.807) is 0 Å². The van der Waals surface area contributed by atoms with Gasteiger partial charge in [-0.25, -0.2) is 9.59 Å². The summed E-state index contributed by atoms with van der Waals surface area (Å²) < 4.78 is 0. The Kier molecular flexibility index (Phi) is 6.43. The van der Waals surface area contributed by atoms with E-state index in [2.05, 4.69) is 16.0 Å². The molecule has 0 aromatic rings. The fraction of sp³-hybridized carbons (Fsp3) is 0.571. The van der Waals surface area contributed by atoms with Crippen molar-refractivity contribution >= 4 is 18.0 Å². The number of carbonyl (C=O) groups excluding carboxylic acids is 2. The van der Waals surface area contributed by atoms with Crippen LogP contribution in [0.4, 0.5) is 9.59 Å². The molecule has 0 saturated heterocycles. The van der Waals surface area contributed by atoms with Crippen molar-refractivity contribution in [3.63, 3.8) is 0 Å². The first-order valence-corrected chi connectivity index (χ1v) is 4.44. The highest BCUT2D eigenvalue weighted by Crippen LogP contribution is 1.83. The number of hydrogen-bond acceptors (Lipinski definition) is 3. The highest BCUT2D eigenvalue weighted by atomic mass is 16.2. The summed E-state index contributed by atoms with van der Waals surface area (Å²) >= 11 is 0. The van der Waals surface area contributed by atoms with Gasteiger partial charge in [-0.05, 0) is 12.8 Å². The van der Waals surface area contributed by atoms with Gasteiger partial charge in [0.1, 0.15) is 0 Å². The third-order valence-corrected chi connectivity index (χ3v) is 1.45. The molecule has 0 saturated carbocycles. The largest absolute Gasteiger partial charge is 0.356 e. The van der Waals surface area contributed by atoms with Gasteiger partial charge >= 0.3 is 12.1 Å². The lowest BCUT2D eigenvalue weighted by molar-refractivity contribution is 0.248. The molecule has 0 aliphatic carbocycles. The zero-order chi connectivity index (χ0) is 11.7. The quantitative estimate of drug-likeness (QED) is 0.191. The van der Waals surface area contributed by atoms with E-state index >= 15 is 0 Å². The van der Waals surface area contributed by atoms with Crippen molar-refractivity contribution in [3.05, 3.63) is 0 Å². The monoisotopic (exact) mass is 216 g/mol. The van der Waals surface area contributed by atoms with Crippen molar-refractivity contribution in [1.29, 1.82) is 5.41 Å². The van der Waals surface area contributed by atoms with Crippen LogP contribution in [0.5, 0.6) is 0 Å². The summed E-state index contributed by atoms with van der Waals surface area (Å²) in [5, 5.41) is 14.3. The minimum absolute atomic E-state index is 0.134. The Bertz CT molecular complexity index is 242. The number of carbonyl (C=O) groups is 2. The lowest BCUT2D eigenvalue weighted by atomic mass is 10.3. The van der Waals surface area contributed by atoms with E-state index in [9.17, 15) is 9.59 Å². The molecule has 0 bridgehead atoms. The lowest BCUT2D eigenvalue weighted by Gasteiger charge is -2.07. The molecule has 8 heteroatoms. The maximum absolute atomic E-state index is 10.3. The van der Waals surface area contributed by atoms with Gasteiger partial charge in [-0.15, -0.1) is 0 Å². The number of nitrogens with two attached hydrogens (primary N) is 2. The summed E-state index contributed by atoms with van der Waals surface area (Å²) in [6.07, 6.45) is 1.48. The molecule has 0 unspecified atom stereocenters. The van der Waals surface area contributed by atoms with Crippen LogP contribution in [0.1, 0.15) is 12.8 Å². The molecular weight excluding hydrogens is 200 g/mol. The lowest BCUT2D eigenvalue weighted by Crippen LogP contribution is -2.43. The van der Waals surface area contributed by atoms with Gasteiger partial charge in [0, 0.05) is 13.1 Å². The highest BCUT2D eigenvalue weighted by molar-refractivity contribution is 5.93. The summed E-state index contributed by atoms with van der Waals surface area (Å²) in [6.45, 7) is 1.01. The van der Waals surface area contributed by atoms with Crippen LogP contribution >= 0.6 is 0 Å². The van der Waals surface area contributed by atoms with E-state index in [4.69, 9.17) is 16.9 Å². The number of nitrogens with one attached hydrogen (secondary N) is 4.